The zero-order chi connectivity index (χ0) is 13.7. The van der Waals surface area contributed by atoms with Crippen molar-refractivity contribution in [2.24, 2.45) is 0 Å². The maximum absolute atomic E-state index is 12.0. The summed E-state index contributed by atoms with van der Waals surface area (Å²) in [4.78, 5) is 14.5. The predicted octanol–water partition coefficient (Wildman–Crippen LogP) is 2.97. The van der Waals surface area contributed by atoms with Gasteiger partial charge in [-0.15, -0.1) is 0 Å². The van der Waals surface area contributed by atoms with Crippen molar-refractivity contribution in [2.45, 2.75) is 26.2 Å². The van der Waals surface area contributed by atoms with Gasteiger partial charge < -0.3 is 10.2 Å². The second-order valence-corrected chi connectivity index (χ2v) is 6.09. The minimum Gasteiger partial charge on any atom is -0.351 e. The molecular formula is C15H21BrN2O. The molecule has 1 aliphatic rings. The van der Waals surface area contributed by atoms with E-state index in [2.05, 4.69) is 26.1 Å². The average Bonchev–Trinajstić information content (AvgIpc) is 2.38. The van der Waals surface area contributed by atoms with E-state index in [-0.39, 0.29) is 5.91 Å². The van der Waals surface area contributed by atoms with Crippen LogP contribution >= 0.6 is 15.9 Å². The van der Waals surface area contributed by atoms with Crippen molar-refractivity contribution in [2.75, 3.05) is 26.2 Å². The van der Waals surface area contributed by atoms with Gasteiger partial charge in [-0.05, 0) is 56.6 Å². The molecule has 0 aromatic heterocycles. The Kier molecular flexibility index (Phi) is 5.40. The van der Waals surface area contributed by atoms with Crippen LogP contribution in [-0.4, -0.2) is 37.0 Å². The molecule has 1 heterocycles. The van der Waals surface area contributed by atoms with E-state index in [0.29, 0.717) is 0 Å². The maximum atomic E-state index is 12.0. The summed E-state index contributed by atoms with van der Waals surface area (Å²) >= 11 is 3.42. The number of aryl methyl sites for hydroxylation is 1. The van der Waals surface area contributed by atoms with Crippen molar-refractivity contribution < 1.29 is 4.79 Å². The van der Waals surface area contributed by atoms with Gasteiger partial charge in [-0.25, -0.2) is 0 Å². The van der Waals surface area contributed by atoms with E-state index in [9.17, 15) is 4.79 Å². The van der Waals surface area contributed by atoms with Crippen molar-refractivity contribution in [1.82, 2.24) is 10.2 Å². The lowest BCUT2D eigenvalue weighted by Gasteiger charge is -2.26. The van der Waals surface area contributed by atoms with Crippen molar-refractivity contribution in [3.05, 3.63) is 33.8 Å². The van der Waals surface area contributed by atoms with E-state index >= 15 is 0 Å². The van der Waals surface area contributed by atoms with Crippen LogP contribution in [0, 0.1) is 6.92 Å². The second kappa shape index (κ2) is 7.06. The van der Waals surface area contributed by atoms with Gasteiger partial charge in [-0.1, -0.05) is 22.4 Å². The van der Waals surface area contributed by atoms with E-state index in [1.165, 1.54) is 32.4 Å². The minimum atomic E-state index is 0.0152. The topological polar surface area (TPSA) is 32.3 Å². The highest BCUT2D eigenvalue weighted by atomic mass is 79.9. The van der Waals surface area contributed by atoms with Gasteiger partial charge in [0.25, 0.3) is 5.91 Å². The molecule has 1 aromatic carbocycles. The standard InChI is InChI=1S/C15H21BrN2O/c1-12-9-13(11-14(16)10-12)15(19)17-5-8-18-6-3-2-4-7-18/h9-11H,2-8H2,1H3,(H,17,19). The third-order valence-electron chi connectivity index (χ3n) is 3.47. The van der Waals surface area contributed by atoms with Gasteiger partial charge in [0, 0.05) is 23.1 Å². The number of carbonyl (C=O) groups excluding carboxylic acids is 1. The first-order valence-corrected chi connectivity index (χ1v) is 7.72. The first-order chi connectivity index (χ1) is 9.15. The van der Waals surface area contributed by atoms with Crippen LogP contribution in [0.5, 0.6) is 0 Å². The molecule has 1 saturated heterocycles. The van der Waals surface area contributed by atoms with Crippen LogP contribution in [0.1, 0.15) is 35.2 Å². The monoisotopic (exact) mass is 324 g/mol. The number of rotatable bonds is 4. The van der Waals surface area contributed by atoms with Crippen LogP contribution in [0.15, 0.2) is 22.7 Å². The molecule has 0 bridgehead atoms. The number of halogens is 1. The number of hydrogen-bond acceptors (Lipinski definition) is 2. The largest absolute Gasteiger partial charge is 0.351 e. The Morgan fingerprint density at radius 3 is 2.68 bits per heavy atom. The van der Waals surface area contributed by atoms with Gasteiger partial charge in [0.15, 0.2) is 0 Å². The van der Waals surface area contributed by atoms with E-state index < -0.39 is 0 Å². The molecule has 3 nitrogen and oxygen atoms in total. The Morgan fingerprint density at radius 1 is 1.26 bits per heavy atom. The third kappa shape index (κ3) is 4.62. The Hall–Kier alpha value is -0.870. The molecule has 0 atom stereocenters. The fraction of sp³-hybridized carbons (Fsp3) is 0.533. The summed E-state index contributed by atoms with van der Waals surface area (Å²) in [6, 6.07) is 5.79. The lowest BCUT2D eigenvalue weighted by atomic mass is 10.1. The second-order valence-electron chi connectivity index (χ2n) is 5.18. The first kappa shape index (κ1) is 14.5. The van der Waals surface area contributed by atoms with Gasteiger partial charge in [0.05, 0.1) is 0 Å². The number of benzene rings is 1. The number of piperidine rings is 1. The summed E-state index contributed by atoms with van der Waals surface area (Å²) in [6.45, 7) is 6.02. The van der Waals surface area contributed by atoms with E-state index in [4.69, 9.17) is 0 Å². The van der Waals surface area contributed by atoms with Crippen molar-refractivity contribution in [3.63, 3.8) is 0 Å². The molecule has 104 valence electrons. The van der Waals surface area contributed by atoms with Crippen LogP contribution in [0.4, 0.5) is 0 Å². The molecule has 0 unspecified atom stereocenters. The van der Waals surface area contributed by atoms with Crippen molar-refractivity contribution in [1.29, 1.82) is 0 Å². The number of amides is 1. The lowest BCUT2D eigenvalue weighted by Crippen LogP contribution is -2.37. The lowest BCUT2D eigenvalue weighted by molar-refractivity contribution is 0.0946. The molecule has 2 rings (SSSR count). The normalized spacial score (nSPS) is 16.3. The third-order valence-corrected chi connectivity index (χ3v) is 3.92. The van der Waals surface area contributed by atoms with Gasteiger partial charge in [0.1, 0.15) is 0 Å². The van der Waals surface area contributed by atoms with E-state index in [1.54, 1.807) is 0 Å². The smallest absolute Gasteiger partial charge is 0.251 e. The molecule has 1 amide bonds. The molecule has 0 spiro atoms. The van der Waals surface area contributed by atoms with Crippen LogP contribution in [-0.2, 0) is 0 Å². The summed E-state index contributed by atoms with van der Waals surface area (Å²) < 4.78 is 0.952. The molecule has 0 saturated carbocycles. The molecule has 1 aliphatic heterocycles. The highest BCUT2D eigenvalue weighted by Crippen LogP contribution is 2.15. The summed E-state index contributed by atoms with van der Waals surface area (Å²) in [5, 5.41) is 3.00. The fourth-order valence-corrected chi connectivity index (χ4v) is 3.09. The summed E-state index contributed by atoms with van der Waals surface area (Å²) in [7, 11) is 0. The zero-order valence-electron chi connectivity index (χ0n) is 11.4. The Bertz CT molecular complexity index is 422. The highest BCUT2D eigenvalue weighted by molar-refractivity contribution is 9.10. The number of carbonyl (C=O) groups is 1. The van der Waals surface area contributed by atoms with Gasteiger partial charge in [0.2, 0.25) is 0 Å². The van der Waals surface area contributed by atoms with E-state index in [0.717, 1.165) is 28.7 Å². The van der Waals surface area contributed by atoms with Crippen LogP contribution in [0.3, 0.4) is 0 Å². The fourth-order valence-electron chi connectivity index (χ4n) is 2.48. The minimum absolute atomic E-state index is 0.0152. The van der Waals surface area contributed by atoms with Crippen LogP contribution < -0.4 is 5.32 Å². The molecule has 1 N–H and O–H groups in total. The van der Waals surface area contributed by atoms with Crippen LogP contribution in [0.2, 0.25) is 0 Å². The Morgan fingerprint density at radius 2 is 2.00 bits per heavy atom. The SMILES string of the molecule is Cc1cc(Br)cc(C(=O)NCCN2CCCCC2)c1. The molecule has 0 aliphatic carbocycles. The number of nitrogens with one attached hydrogen (secondary N) is 1. The quantitative estimate of drug-likeness (QED) is 0.923. The van der Waals surface area contributed by atoms with Crippen molar-refractivity contribution >= 4 is 21.8 Å². The van der Waals surface area contributed by atoms with Gasteiger partial charge in [-0.2, -0.15) is 0 Å². The molecule has 0 radical (unpaired) electrons. The molecule has 1 aromatic rings. The number of likely N-dealkylation sites (tertiary alicyclic amines) is 1. The Labute approximate surface area is 123 Å². The summed E-state index contributed by atoms with van der Waals surface area (Å²) in [5.74, 6) is 0.0152. The van der Waals surface area contributed by atoms with Crippen molar-refractivity contribution in [3.8, 4) is 0 Å². The molecular weight excluding hydrogens is 304 g/mol. The zero-order valence-corrected chi connectivity index (χ0v) is 13.0. The van der Waals surface area contributed by atoms with Gasteiger partial charge >= 0.3 is 0 Å². The Balaban J connectivity index is 1.80. The summed E-state index contributed by atoms with van der Waals surface area (Å²) in [5.41, 5.74) is 1.82. The molecule has 4 heteroatoms. The van der Waals surface area contributed by atoms with E-state index in [1.807, 2.05) is 25.1 Å². The average molecular weight is 325 g/mol. The molecule has 1 fully saturated rings. The number of nitrogens with zero attached hydrogens (tertiary/aromatic N) is 1. The van der Waals surface area contributed by atoms with Gasteiger partial charge in [-0.3, -0.25) is 4.79 Å². The highest BCUT2D eigenvalue weighted by Gasteiger charge is 2.11. The maximum Gasteiger partial charge on any atom is 0.251 e. The summed E-state index contributed by atoms with van der Waals surface area (Å²) in [6.07, 6.45) is 3.93. The number of hydrogen-bond donors (Lipinski definition) is 1. The van der Waals surface area contributed by atoms with Crippen LogP contribution in [0.25, 0.3) is 0 Å². The molecule has 19 heavy (non-hydrogen) atoms. The first-order valence-electron chi connectivity index (χ1n) is 6.93. The predicted molar refractivity (Wildman–Crippen MR) is 81.5 cm³/mol.